The van der Waals surface area contributed by atoms with E-state index in [1.54, 1.807) is 23.7 Å². The van der Waals surface area contributed by atoms with Gasteiger partial charge in [0.15, 0.2) is 5.65 Å². The van der Waals surface area contributed by atoms with E-state index in [9.17, 15) is 4.79 Å². The van der Waals surface area contributed by atoms with Gasteiger partial charge in [-0.3, -0.25) is 4.79 Å². The predicted molar refractivity (Wildman–Crippen MR) is 131 cm³/mol. The molecule has 1 atom stereocenters. The summed E-state index contributed by atoms with van der Waals surface area (Å²) in [6.07, 6.45) is 1.67. The van der Waals surface area contributed by atoms with Crippen molar-refractivity contribution in [3.05, 3.63) is 47.1 Å². The van der Waals surface area contributed by atoms with Crippen molar-refractivity contribution < 1.29 is 9.53 Å². The van der Waals surface area contributed by atoms with E-state index in [0.29, 0.717) is 42.8 Å². The minimum Gasteiger partial charge on any atom is -0.467 e. The first-order valence-electron chi connectivity index (χ1n) is 11.1. The number of methoxy groups -OCH3 is 1. The van der Waals surface area contributed by atoms with E-state index >= 15 is 0 Å². The minimum atomic E-state index is -0.177. The van der Waals surface area contributed by atoms with Gasteiger partial charge < -0.3 is 19.9 Å². The first kappa shape index (κ1) is 22.1. The van der Waals surface area contributed by atoms with Gasteiger partial charge in [0.05, 0.1) is 29.9 Å². The third kappa shape index (κ3) is 4.05. The molecule has 1 saturated heterocycles. The van der Waals surface area contributed by atoms with Crippen LogP contribution in [0.15, 0.2) is 36.5 Å². The van der Waals surface area contributed by atoms with E-state index in [1.807, 2.05) is 30.0 Å². The number of piperazine rings is 1. The zero-order valence-electron chi connectivity index (χ0n) is 19.2. The van der Waals surface area contributed by atoms with Crippen molar-refractivity contribution in [2.24, 2.45) is 0 Å². The van der Waals surface area contributed by atoms with Crippen molar-refractivity contribution in [1.29, 1.82) is 0 Å². The van der Waals surface area contributed by atoms with Crippen LogP contribution in [-0.4, -0.2) is 68.7 Å². The van der Waals surface area contributed by atoms with Gasteiger partial charge in [-0.1, -0.05) is 23.7 Å². The summed E-state index contributed by atoms with van der Waals surface area (Å²) in [4.78, 5) is 29.6. The van der Waals surface area contributed by atoms with E-state index in [2.05, 4.69) is 31.3 Å². The summed E-state index contributed by atoms with van der Waals surface area (Å²) >= 11 is 6.49. The lowest BCUT2D eigenvalue weighted by atomic mass is 10.0. The van der Waals surface area contributed by atoms with Crippen LogP contribution < -0.4 is 15.0 Å². The second-order valence-corrected chi connectivity index (χ2v) is 8.61. The molecule has 10 nitrogen and oxygen atoms in total. The molecule has 0 saturated carbocycles. The summed E-state index contributed by atoms with van der Waals surface area (Å²) in [6, 6.07) is 9.74. The molecule has 0 bridgehead atoms. The highest BCUT2D eigenvalue weighted by atomic mass is 35.5. The normalized spacial score (nSPS) is 15.1. The number of carbonyl (C=O) groups is 1. The number of nitrogens with zero attached hydrogens (tertiary/aromatic N) is 7. The van der Waals surface area contributed by atoms with E-state index in [-0.39, 0.29) is 18.0 Å². The molecule has 11 heteroatoms. The van der Waals surface area contributed by atoms with Crippen molar-refractivity contribution >= 4 is 45.8 Å². The highest BCUT2D eigenvalue weighted by molar-refractivity contribution is 6.35. The number of ether oxygens (including phenoxy) is 1. The Labute approximate surface area is 201 Å². The molecular formula is C23H25ClN8O2. The molecule has 1 aliphatic heterocycles. The lowest BCUT2D eigenvalue weighted by Crippen LogP contribution is -2.48. The quantitative estimate of drug-likeness (QED) is 0.465. The Hall–Kier alpha value is -3.66. The first-order chi connectivity index (χ1) is 16.4. The Balaban J connectivity index is 1.55. The molecule has 0 unspecified atom stereocenters. The molecule has 1 N–H and O–H groups in total. The van der Waals surface area contributed by atoms with Crippen LogP contribution in [0.4, 0.5) is 11.8 Å². The van der Waals surface area contributed by atoms with Crippen molar-refractivity contribution in [1.82, 2.24) is 29.5 Å². The third-order valence-corrected chi connectivity index (χ3v) is 6.36. The molecule has 0 aliphatic carbocycles. The zero-order chi connectivity index (χ0) is 23.8. The first-order valence-corrected chi connectivity index (χ1v) is 11.4. The number of benzene rings is 1. The Morgan fingerprint density at radius 3 is 2.68 bits per heavy atom. The summed E-state index contributed by atoms with van der Waals surface area (Å²) in [5.74, 6) is 1.43. The van der Waals surface area contributed by atoms with Gasteiger partial charge in [0, 0.05) is 50.1 Å². The molecule has 1 aromatic carbocycles. The number of aromatic nitrogens is 5. The maximum absolute atomic E-state index is 11.8. The molecule has 34 heavy (non-hydrogen) atoms. The summed E-state index contributed by atoms with van der Waals surface area (Å²) in [5.41, 5.74) is 2.37. The van der Waals surface area contributed by atoms with E-state index < -0.39 is 0 Å². The van der Waals surface area contributed by atoms with Gasteiger partial charge in [0.2, 0.25) is 11.9 Å². The van der Waals surface area contributed by atoms with Gasteiger partial charge in [-0.25, -0.2) is 4.98 Å². The lowest BCUT2D eigenvalue weighted by Gasteiger charge is -2.36. The maximum Gasteiger partial charge on any atom is 0.321 e. The SMILES string of the molecule is COc1nc(N[C@@H](C)c2cc3cccc(Cl)c3nc2N2CCN(C(C)=O)CC2)n2nccc2n1. The highest BCUT2D eigenvalue weighted by Crippen LogP contribution is 2.33. The predicted octanol–water partition coefficient (Wildman–Crippen LogP) is 3.18. The highest BCUT2D eigenvalue weighted by Gasteiger charge is 2.25. The average molecular weight is 481 g/mol. The van der Waals surface area contributed by atoms with Crippen LogP contribution in [-0.2, 0) is 4.79 Å². The monoisotopic (exact) mass is 480 g/mol. The Morgan fingerprint density at radius 2 is 1.94 bits per heavy atom. The average Bonchev–Trinajstić information content (AvgIpc) is 3.32. The van der Waals surface area contributed by atoms with Crippen molar-refractivity contribution in [3.63, 3.8) is 0 Å². The van der Waals surface area contributed by atoms with Crippen LogP contribution in [0.5, 0.6) is 6.01 Å². The van der Waals surface area contributed by atoms with Crippen LogP contribution in [0.1, 0.15) is 25.5 Å². The van der Waals surface area contributed by atoms with Crippen molar-refractivity contribution in [2.45, 2.75) is 19.9 Å². The molecule has 4 aromatic rings. The number of hydrogen-bond donors (Lipinski definition) is 1. The van der Waals surface area contributed by atoms with E-state index in [4.69, 9.17) is 21.3 Å². The number of fused-ring (bicyclic) bond motifs is 2. The molecule has 4 heterocycles. The molecular weight excluding hydrogens is 456 g/mol. The molecule has 0 spiro atoms. The number of amides is 1. The molecule has 176 valence electrons. The van der Waals surface area contributed by atoms with Gasteiger partial charge in [-0.05, 0) is 19.1 Å². The summed E-state index contributed by atoms with van der Waals surface area (Å²) in [6.45, 7) is 6.32. The fourth-order valence-corrected chi connectivity index (χ4v) is 4.46. The number of para-hydroxylation sites is 1. The second kappa shape index (κ2) is 8.94. The number of halogens is 1. The third-order valence-electron chi connectivity index (χ3n) is 6.06. The van der Waals surface area contributed by atoms with Crippen LogP contribution in [0, 0.1) is 0 Å². The Morgan fingerprint density at radius 1 is 1.15 bits per heavy atom. The van der Waals surface area contributed by atoms with Gasteiger partial charge in [0.1, 0.15) is 5.82 Å². The largest absolute Gasteiger partial charge is 0.467 e. The molecule has 5 rings (SSSR count). The number of rotatable bonds is 5. The van der Waals surface area contributed by atoms with Gasteiger partial charge in [-0.2, -0.15) is 19.6 Å². The van der Waals surface area contributed by atoms with Crippen LogP contribution in [0.25, 0.3) is 16.6 Å². The van der Waals surface area contributed by atoms with Crippen molar-refractivity contribution in [3.8, 4) is 6.01 Å². The second-order valence-electron chi connectivity index (χ2n) is 8.21. The summed E-state index contributed by atoms with van der Waals surface area (Å²) in [5, 5.41) is 9.34. The number of pyridine rings is 1. The molecule has 3 aromatic heterocycles. The topological polar surface area (TPSA) is 101 Å². The van der Waals surface area contributed by atoms with Gasteiger partial charge in [0.25, 0.3) is 0 Å². The molecule has 1 aliphatic rings. The fourth-order valence-electron chi connectivity index (χ4n) is 4.24. The lowest BCUT2D eigenvalue weighted by molar-refractivity contribution is -0.129. The fraction of sp³-hybridized carbons (Fsp3) is 0.348. The van der Waals surface area contributed by atoms with Crippen LogP contribution in [0.2, 0.25) is 5.02 Å². The Kier molecular flexibility index (Phi) is 5.82. The number of nitrogens with one attached hydrogen (secondary N) is 1. The smallest absolute Gasteiger partial charge is 0.321 e. The molecule has 1 amide bonds. The number of anilines is 2. The minimum absolute atomic E-state index is 0.0883. The van der Waals surface area contributed by atoms with E-state index in [1.165, 1.54) is 7.11 Å². The van der Waals surface area contributed by atoms with Crippen molar-refractivity contribution in [2.75, 3.05) is 43.5 Å². The van der Waals surface area contributed by atoms with Gasteiger partial charge in [-0.15, -0.1) is 0 Å². The van der Waals surface area contributed by atoms with Gasteiger partial charge >= 0.3 is 6.01 Å². The zero-order valence-corrected chi connectivity index (χ0v) is 20.0. The Bertz CT molecular complexity index is 1370. The van der Waals surface area contributed by atoms with Crippen LogP contribution >= 0.6 is 11.6 Å². The molecule has 1 fully saturated rings. The number of carbonyl (C=O) groups excluding carboxylic acids is 1. The summed E-state index contributed by atoms with van der Waals surface area (Å²) < 4.78 is 6.90. The van der Waals surface area contributed by atoms with E-state index in [0.717, 1.165) is 22.3 Å². The number of hydrogen-bond acceptors (Lipinski definition) is 8. The molecule has 0 radical (unpaired) electrons. The van der Waals surface area contributed by atoms with Crippen LogP contribution in [0.3, 0.4) is 0 Å². The standard InChI is InChI=1S/C23H25ClN8O2/c1-14(26-22-29-23(34-3)27-19-7-8-25-32(19)22)17-13-16-5-4-6-18(24)20(16)28-21(17)31-11-9-30(10-12-31)15(2)33/h4-8,13-14H,9-12H2,1-3H3,(H,26,27,29)/t14-/m0/s1. The maximum atomic E-state index is 11.8. The summed E-state index contributed by atoms with van der Waals surface area (Å²) in [7, 11) is 1.53.